The first-order chi connectivity index (χ1) is 6.45. The van der Waals surface area contributed by atoms with Gasteiger partial charge in [-0.3, -0.25) is 4.98 Å². The Labute approximate surface area is 78.6 Å². The minimum Gasteiger partial charge on any atom is -0.369 e. The molecule has 0 radical (unpaired) electrons. The van der Waals surface area contributed by atoms with E-state index in [9.17, 15) is 0 Å². The Hall–Kier alpha value is -1.12. The summed E-state index contributed by atoms with van der Waals surface area (Å²) < 4.78 is 0. The minimum absolute atomic E-state index is 0.887. The van der Waals surface area contributed by atoms with Gasteiger partial charge in [0.25, 0.3) is 0 Å². The number of hydrogen-bond donors (Lipinski definition) is 1. The molecule has 1 saturated carbocycles. The third-order valence-electron chi connectivity index (χ3n) is 2.36. The molecular formula is C10H15N3. The third-order valence-corrected chi connectivity index (χ3v) is 2.36. The zero-order valence-electron chi connectivity index (χ0n) is 7.74. The van der Waals surface area contributed by atoms with Crippen molar-refractivity contribution in [1.82, 2.24) is 9.97 Å². The zero-order chi connectivity index (χ0) is 8.93. The molecule has 2 rings (SSSR count). The number of hydrogen-bond acceptors (Lipinski definition) is 3. The van der Waals surface area contributed by atoms with Gasteiger partial charge in [0.1, 0.15) is 5.82 Å². The van der Waals surface area contributed by atoms with Crippen LogP contribution in [-0.2, 0) is 0 Å². The van der Waals surface area contributed by atoms with Gasteiger partial charge in [0, 0.05) is 18.9 Å². The van der Waals surface area contributed by atoms with E-state index in [1.54, 1.807) is 18.6 Å². The van der Waals surface area contributed by atoms with Crippen molar-refractivity contribution in [2.75, 3.05) is 11.9 Å². The van der Waals surface area contributed by atoms with E-state index in [0.717, 1.165) is 18.3 Å². The van der Waals surface area contributed by atoms with Gasteiger partial charge in [-0.15, -0.1) is 0 Å². The van der Waals surface area contributed by atoms with Crippen LogP contribution in [-0.4, -0.2) is 16.5 Å². The van der Waals surface area contributed by atoms with Crippen LogP contribution in [0.4, 0.5) is 5.82 Å². The summed E-state index contributed by atoms with van der Waals surface area (Å²) in [5.74, 6) is 1.92. The maximum atomic E-state index is 4.14. The monoisotopic (exact) mass is 177 g/mol. The van der Waals surface area contributed by atoms with E-state index in [4.69, 9.17) is 0 Å². The summed E-state index contributed by atoms with van der Waals surface area (Å²) in [7, 11) is 0. The van der Waals surface area contributed by atoms with Crippen molar-refractivity contribution in [3.8, 4) is 0 Å². The van der Waals surface area contributed by atoms with Gasteiger partial charge in [-0.05, 0) is 18.8 Å². The molecule has 0 bridgehead atoms. The second kappa shape index (κ2) is 4.21. The first-order valence-corrected chi connectivity index (χ1v) is 4.95. The standard InChI is InChI=1S/C10H15N3/c1(2-9-3-4-9)5-12-10-8-11-6-7-13-10/h6-9H,1-5H2,(H,12,13). The topological polar surface area (TPSA) is 37.8 Å². The van der Waals surface area contributed by atoms with Crippen molar-refractivity contribution in [3.05, 3.63) is 18.6 Å². The summed E-state index contributed by atoms with van der Waals surface area (Å²) in [5, 5.41) is 3.25. The predicted octanol–water partition coefficient (Wildman–Crippen LogP) is 2.08. The van der Waals surface area contributed by atoms with Crippen LogP contribution in [0.2, 0.25) is 0 Å². The number of anilines is 1. The molecule has 1 aliphatic rings. The van der Waals surface area contributed by atoms with Crippen LogP contribution >= 0.6 is 0 Å². The van der Waals surface area contributed by atoms with Gasteiger partial charge in [0.2, 0.25) is 0 Å². The summed E-state index contributed by atoms with van der Waals surface area (Å²) in [6.07, 6.45) is 10.7. The Balaban J connectivity index is 1.61. The molecule has 13 heavy (non-hydrogen) atoms. The van der Waals surface area contributed by atoms with Gasteiger partial charge in [0.05, 0.1) is 6.20 Å². The van der Waals surface area contributed by atoms with E-state index in [1.807, 2.05) is 0 Å². The van der Waals surface area contributed by atoms with Crippen molar-refractivity contribution in [2.24, 2.45) is 5.92 Å². The van der Waals surface area contributed by atoms with Crippen molar-refractivity contribution in [1.29, 1.82) is 0 Å². The molecular weight excluding hydrogens is 162 g/mol. The van der Waals surface area contributed by atoms with E-state index in [0.29, 0.717) is 0 Å². The molecule has 0 spiro atoms. The van der Waals surface area contributed by atoms with Gasteiger partial charge in [-0.2, -0.15) is 0 Å². The van der Waals surface area contributed by atoms with Crippen molar-refractivity contribution in [2.45, 2.75) is 25.7 Å². The van der Waals surface area contributed by atoms with Gasteiger partial charge in [-0.25, -0.2) is 4.98 Å². The maximum Gasteiger partial charge on any atom is 0.144 e. The number of nitrogens with zero attached hydrogens (tertiary/aromatic N) is 2. The Kier molecular flexibility index (Phi) is 2.75. The molecule has 0 saturated heterocycles. The quantitative estimate of drug-likeness (QED) is 0.700. The lowest BCUT2D eigenvalue weighted by atomic mass is 10.2. The zero-order valence-corrected chi connectivity index (χ0v) is 7.74. The smallest absolute Gasteiger partial charge is 0.144 e. The molecule has 0 atom stereocenters. The predicted molar refractivity (Wildman–Crippen MR) is 52.5 cm³/mol. The summed E-state index contributed by atoms with van der Waals surface area (Å²) in [6, 6.07) is 0. The molecule has 1 fully saturated rings. The minimum atomic E-state index is 0.887. The van der Waals surface area contributed by atoms with E-state index < -0.39 is 0 Å². The van der Waals surface area contributed by atoms with Crippen LogP contribution in [0.5, 0.6) is 0 Å². The van der Waals surface area contributed by atoms with E-state index in [-0.39, 0.29) is 0 Å². The van der Waals surface area contributed by atoms with E-state index in [1.165, 1.54) is 25.7 Å². The second-order valence-corrected chi connectivity index (χ2v) is 3.60. The van der Waals surface area contributed by atoms with Crippen LogP contribution in [0.1, 0.15) is 25.7 Å². The van der Waals surface area contributed by atoms with Crippen molar-refractivity contribution >= 4 is 5.82 Å². The lowest BCUT2D eigenvalue weighted by Crippen LogP contribution is -2.03. The van der Waals surface area contributed by atoms with E-state index >= 15 is 0 Å². The Morgan fingerprint density at radius 2 is 2.31 bits per heavy atom. The molecule has 0 aliphatic heterocycles. The highest BCUT2D eigenvalue weighted by Gasteiger charge is 2.19. The number of rotatable bonds is 5. The Bertz CT molecular complexity index is 244. The molecule has 0 unspecified atom stereocenters. The van der Waals surface area contributed by atoms with Gasteiger partial charge < -0.3 is 5.32 Å². The number of nitrogens with one attached hydrogen (secondary N) is 1. The molecule has 3 nitrogen and oxygen atoms in total. The molecule has 0 amide bonds. The molecule has 0 aromatic carbocycles. The van der Waals surface area contributed by atoms with E-state index in [2.05, 4.69) is 15.3 Å². The average Bonchev–Trinajstić information content (AvgIpc) is 2.98. The summed E-state index contributed by atoms with van der Waals surface area (Å²) >= 11 is 0. The third kappa shape index (κ3) is 3.01. The lowest BCUT2D eigenvalue weighted by molar-refractivity contribution is 0.686. The highest BCUT2D eigenvalue weighted by molar-refractivity contribution is 5.29. The Morgan fingerprint density at radius 1 is 1.38 bits per heavy atom. The van der Waals surface area contributed by atoms with Crippen molar-refractivity contribution in [3.63, 3.8) is 0 Å². The molecule has 70 valence electrons. The molecule has 1 aromatic heterocycles. The largest absolute Gasteiger partial charge is 0.369 e. The van der Waals surface area contributed by atoms with Crippen molar-refractivity contribution < 1.29 is 0 Å². The first-order valence-electron chi connectivity index (χ1n) is 4.95. The fraction of sp³-hybridized carbons (Fsp3) is 0.600. The van der Waals surface area contributed by atoms with Gasteiger partial charge in [-0.1, -0.05) is 12.8 Å². The van der Waals surface area contributed by atoms with Crippen LogP contribution < -0.4 is 5.32 Å². The molecule has 1 aromatic rings. The van der Waals surface area contributed by atoms with Crippen LogP contribution in [0.15, 0.2) is 18.6 Å². The second-order valence-electron chi connectivity index (χ2n) is 3.60. The van der Waals surface area contributed by atoms with Crippen LogP contribution in [0, 0.1) is 5.92 Å². The molecule has 1 heterocycles. The maximum absolute atomic E-state index is 4.14. The number of aromatic nitrogens is 2. The molecule has 1 aliphatic carbocycles. The highest BCUT2D eigenvalue weighted by atomic mass is 15.0. The van der Waals surface area contributed by atoms with Crippen LogP contribution in [0.25, 0.3) is 0 Å². The SMILES string of the molecule is c1cnc(NCCCC2CC2)cn1. The van der Waals surface area contributed by atoms with Gasteiger partial charge >= 0.3 is 0 Å². The highest BCUT2D eigenvalue weighted by Crippen LogP contribution is 2.33. The van der Waals surface area contributed by atoms with Gasteiger partial charge in [0.15, 0.2) is 0 Å². The summed E-state index contributed by atoms with van der Waals surface area (Å²) in [4.78, 5) is 8.12. The fourth-order valence-corrected chi connectivity index (χ4v) is 1.40. The fourth-order valence-electron chi connectivity index (χ4n) is 1.40. The summed E-state index contributed by atoms with van der Waals surface area (Å²) in [6.45, 7) is 1.02. The molecule has 1 N–H and O–H groups in total. The lowest BCUT2D eigenvalue weighted by Gasteiger charge is -2.03. The van der Waals surface area contributed by atoms with Crippen LogP contribution in [0.3, 0.4) is 0 Å². The Morgan fingerprint density at radius 3 is 3.00 bits per heavy atom. The molecule has 3 heteroatoms. The summed E-state index contributed by atoms with van der Waals surface area (Å²) in [5.41, 5.74) is 0. The average molecular weight is 177 g/mol. The first kappa shape index (κ1) is 8.48. The normalized spacial score (nSPS) is 15.7.